The molecule has 3 aromatic rings. The molecule has 0 fully saturated rings. The zero-order valence-electron chi connectivity index (χ0n) is 14.4. The second-order valence-corrected chi connectivity index (χ2v) is 6.22. The third-order valence-electron chi connectivity index (χ3n) is 3.91. The Bertz CT molecular complexity index is 879. The van der Waals surface area contributed by atoms with E-state index in [9.17, 15) is 4.79 Å². The lowest BCUT2D eigenvalue weighted by molar-refractivity contribution is 0.262. The Morgan fingerprint density at radius 3 is 2.04 bits per heavy atom. The predicted octanol–water partition coefficient (Wildman–Crippen LogP) is 4.93. The van der Waals surface area contributed by atoms with E-state index >= 15 is 0 Å². The highest BCUT2D eigenvalue weighted by Gasteiger charge is 2.04. The first kappa shape index (κ1) is 17.9. The van der Waals surface area contributed by atoms with Gasteiger partial charge in [0, 0.05) is 23.5 Å². The van der Waals surface area contributed by atoms with Gasteiger partial charge in [-0.05, 0) is 47.9 Å². The molecule has 6 heteroatoms. The van der Waals surface area contributed by atoms with Crippen LogP contribution in [-0.4, -0.2) is 16.0 Å². The quantitative estimate of drug-likeness (QED) is 0.629. The van der Waals surface area contributed by atoms with Gasteiger partial charge in [0.05, 0.1) is 0 Å². The molecule has 0 spiro atoms. The number of hydrogen-bond donors (Lipinski definition) is 2. The summed E-state index contributed by atoms with van der Waals surface area (Å²) in [6.45, 7) is 2.10. The highest BCUT2D eigenvalue weighted by molar-refractivity contribution is 6.29. The molecule has 0 saturated carbocycles. The van der Waals surface area contributed by atoms with Gasteiger partial charge in [-0.1, -0.05) is 42.8 Å². The minimum absolute atomic E-state index is 0.274. The van der Waals surface area contributed by atoms with Gasteiger partial charge in [-0.15, -0.1) is 0 Å². The molecule has 0 radical (unpaired) electrons. The van der Waals surface area contributed by atoms with Gasteiger partial charge in [-0.25, -0.2) is 14.8 Å². The maximum Gasteiger partial charge on any atom is 0.323 e. The highest BCUT2D eigenvalue weighted by atomic mass is 35.5. The number of carbonyl (C=O) groups excluding carboxylic acids is 1. The van der Waals surface area contributed by atoms with Crippen molar-refractivity contribution in [2.45, 2.75) is 19.8 Å². The average molecular weight is 367 g/mol. The molecule has 1 aromatic heterocycles. The van der Waals surface area contributed by atoms with Gasteiger partial charge in [0.1, 0.15) is 11.5 Å². The SMILES string of the molecule is CCc1ccc(NC(=O)Nc2ccc(Cc3cc(Cl)ncn3)cc2)cc1. The van der Waals surface area contributed by atoms with E-state index < -0.39 is 0 Å². The molecule has 1 heterocycles. The van der Waals surface area contributed by atoms with Crippen molar-refractivity contribution in [2.75, 3.05) is 10.6 Å². The van der Waals surface area contributed by atoms with Crippen LogP contribution in [0.3, 0.4) is 0 Å². The summed E-state index contributed by atoms with van der Waals surface area (Å²) in [5, 5.41) is 6.07. The number of carbonyl (C=O) groups is 1. The lowest BCUT2D eigenvalue weighted by Crippen LogP contribution is -2.19. The van der Waals surface area contributed by atoms with Gasteiger partial charge in [0.2, 0.25) is 0 Å². The van der Waals surface area contributed by atoms with Gasteiger partial charge in [0.25, 0.3) is 0 Å². The Balaban J connectivity index is 1.57. The standard InChI is InChI=1S/C20H19ClN4O/c1-2-14-3-7-16(8-4-14)24-20(26)25-17-9-5-15(6-10-17)11-18-12-19(21)23-13-22-18/h3-10,12-13H,2,11H2,1H3,(H2,24,25,26). The second-order valence-electron chi connectivity index (χ2n) is 5.84. The summed E-state index contributed by atoms with van der Waals surface area (Å²) in [5.41, 5.74) is 4.63. The number of aromatic nitrogens is 2. The number of nitrogens with one attached hydrogen (secondary N) is 2. The molecule has 0 aliphatic carbocycles. The first-order valence-corrected chi connectivity index (χ1v) is 8.72. The molecule has 2 aromatic carbocycles. The zero-order valence-corrected chi connectivity index (χ0v) is 15.1. The van der Waals surface area contributed by atoms with Crippen molar-refractivity contribution in [1.29, 1.82) is 0 Å². The Morgan fingerprint density at radius 1 is 0.923 bits per heavy atom. The van der Waals surface area contributed by atoms with E-state index in [1.165, 1.54) is 11.9 Å². The van der Waals surface area contributed by atoms with E-state index in [2.05, 4.69) is 27.5 Å². The van der Waals surface area contributed by atoms with Crippen LogP contribution >= 0.6 is 11.6 Å². The number of benzene rings is 2. The molecule has 0 atom stereocenters. The monoisotopic (exact) mass is 366 g/mol. The lowest BCUT2D eigenvalue weighted by Gasteiger charge is -2.09. The van der Waals surface area contributed by atoms with Crippen molar-refractivity contribution >= 4 is 29.0 Å². The Kier molecular flexibility index (Phi) is 5.81. The van der Waals surface area contributed by atoms with Crippen LogP contribution < -0.4 is 10.6 Å². The van der Waals surface area contributed by atoms with Gasteiger partial charge in [-0.2, -0.15) is 0 Å². The van der Waals surface area contributed by atoms with Crippen molar-refractivity contribution in [2.24, 2.45) is 0 Å². The normalized spacial score (nSPS) is 10.4. The molecule has 3 rings (SSSR count). The van der Waals surface area contributed by atoms with Crippen LogP contribution in [0, 0.1) is 0 Å². The Labute approximate surface area is 157 Å². The summed E-state index contributed by atoms with van der Waals surface area (Å²) < 4.78 is 0. The number of nitrogens with zero attached hydrogens (tertiary/aromatic N) is 2. The Morgan fingerprint density at radius 2 is 1.50 bits per heavy atom. The van der Waals surface area contributed by atoms with Crippen molar-refractivity contribution in [1.82, 2.24) is 9.97 Å². The van der Waals surface area contributed by atoms with E-state index in [1.54, 1.807) is 6.07 Å². The van der Waals surface area contributed by atoms with Crippen LogP contribution in [-0.2, 0) is 12.8 Å². The highest BCUT2D eigenvalue weighted by Crippen LogP contribution is 2.15. The van der Waals surface area contributed by atoms with E-state index in [1.807, 2.05) is 48.5 Å². The van der Waals surface area contributed by atoms with Crippen LogP contribution in [0.25, 0.3) is 0 Å². The first-order valence-electron chi connectivity index (χ1n) is 8.34. The predicted molar refractivity (Wildman–Crippen MR) is 105 cm³/mol. The van der Waals surface area contributed by atoms with Gasteiger partial charge in [-0.3, -0.25) is 0 Å². The van der Waals surface area contributed by atoms with Crippen molar-refractivity contribution in [3.05, 3.63) is 82.9 Å². The van der Waals surface area contributed by atoms with Crippen LogP contribution in [0.15, 0.2) is 60.9 Å². The molecule has 2 amide bonds. The van der Waals surface area contributed by atoms with Crippen LogP contribution in [0.4, 0.5) is 16.2 Å². The van der Waals surface area contributed by atoms with E-state index in [-0.39, 0.29) is 6.03 Å². The molecule has 132 valence electrons. The van der Waals surface area contributed by atoms with E-state index in [0.29, 0.717) is 11.6 Å². The molecule has 0 saturated heterocycles. The fourth-order valence-electron chi connectivity index (χ4n) is 2.50. The zero-order chi connectivity index (χ0) is 18.4. The minimum atomic E-state index is -0.274. The van der Waals surface area contributed by atoms with Crippen LogP contribution in [0.5, 0.6) is 0 Å². The molecule has 0 bridgehead atoms. The van der Waals surface area contributed by atoms with Gasteiger partial charge in [0.15, 0.2) is 0 Å². The van der Waals surface area contributed by atoms with Crippen molar-refractivity contribution in [3.8, 4) is 0 Å². The molecule has 26 heavy (non-hydrogen) atoms. The molecule has 0 aliphatic heterocycles. The fourth-order valence-corrected chi connectivity index (χ4v) is 2.67. The number of amides is 2. The summed E-state index contributed by atoms with van der Waals surface area (Å²) >= 11 is 5.87. The second kappa shape index (κ2) is 8.45. The third kappa shape index (κ3) is 5.04. The van der Waals surface area contributed by atoms with Gasteiger partial charge < -0.3 is 10.6 Å². The number of halogens is 1. The number of urea groups is 1. The average Bonchev–Trinajstić information content (AvgIpc) is 2.64. The first-order chi connectivity index (χ1) is 12.6. The van der Waals surface area contributed by atoms with Crippen LogP contribution in [0.2, 0.25) is 5.15 Å². The number of aryl methyl sites for hydroxylation is 1. The summed E-state index contributed by atoms with van der Waals surface area (Å²) in [4.78, 5) is 20.2. The summed E-state index contributed by atoms with van der Waals surface area (Å²) in [5.74, 6) is 0. The number of rotatable bonds is 5. The number of hydrogen-bond acceptors (Lipinski definition) is 3. The number of anilines is 2. The molecule has 0 aliphatic rings. The lowest BCUT2D eigenvalue weighted by atomic mass is 10.1. The van der Waals surface area contributed by atoms with E-state index in [4.69, 9.17) is 11.6 Å². The van der Waals surface area contributed by atoms with Crippen LogP contribution in [0.1, 0.15) is 23.7 Å². The smallest absolute Gasteiger partial charge is 0.308 e. The molecular weight excluding hydrogens is 348 g/mol. The van der Waals surface area contributed by atoms with E-state index in [0.717, 1.165) is 29.1 Å². The maximum atomic E-state index is 12.1. The molecular formula is C20H19ClN4O. The maximum absolute atomic E-state index is 12.1. The molecule has 5 nitrogen and oxygen atoms in total. The Hall–Kier alpha value is -2.92. The minimum Gasteiger partial charge on any atom is -0.308 e. The third-order valence-corrected chi connectivity index (χ3v) is 4.11. The largest absolute Gasteiger partial charge is 0.323 e. The summed E-state index contributed by atoms with van der Waals surface area (Å²) in [7, 11) is 0. The van der Waals surface area contributed by atoms with Crippen molar-refractivity contribution in [3.63, 3.8) is 0 Å². The van der Waals surface area contributed by atoms with Gasteiger partial charge >= 0.3 is 6.03 Å². The fraction of sp³-hybridized carbons (Fsp3) is 0.150. The van der Waals surface area contributed by atoms with Crippen molar-refractivity contribution < 1.29 is 4.79 Å². The summed E-state index contributed by atoms with van der Waals surface area (Å²) in [6, 6.07) is 16.9. The molecule has 0 unspecified atom stereocenters. The summed E-state index contributed by atoms with van der Waals surface area (Å²) in [6.07, 6.45) is 3.07. The molecule has 2 N–H and O–H groups in total. The topological polar surface area (TPSA) is 66.9 Å².